The molecule has 1 fully saturated rings. The molecule has 162 valence electrons. The van der Waals surface area contributed by atoms with Crippen molar-refractivity contribution in [1.29, 1.82) is 0 Å². The van der Waals surface area contributed by atoms with Gasteiger partial charge in [0.15, 0.2) is 5.76 Å². The van der Waals surface area contributed by atoms with Gasteiger partial charge < -0.3 is 14.6 Å². The van der Waals surface area contributed by atoms with Crippen LogP contribution in [0.15, 0.2) is 65.3 Å². The van der Waals surface area contributed by atoms with Gasteiger partial charge in [-0.05, 0) is 80.3 Å². The number of anilines is 1. The quantitative estimate of drug-likeness (QED) is 0.450. The summed E-state index contributed by atoms with van der Waals surface area (Å²) in [6.45, 7) is 2.62. The molecule has 1 saturated heterocycles. The van der Waals surface area contributed by atoms with Crippen LogP contribution in [-0.2, 0) is 4.79 Å². The number of piperidine rings is 1. The Bertz CT molecular complexity index is 1260. The van der Waals surface area contributed by atoms with Crippen molar-refractivity contribution in [3.05, 3.63) is 72.2 Å². The molecule has 1 aliphatic rings. The Morgan fingerprint density at radius 3 is 2.75 bits per heavy atom. The third kappa shape index (κ3) is 4.03. The van der Waals surface area contributed by atoms with Crippen LogP contribution in [-0.4, -0.2) is 34.3 Å². The molecule has 1 atom stereocenters. The molecule has 2 aromatic carbocycles. The number of carbonyl (C=O) groups is 2. The molecule has 0 radical (unpaired) electrons. The number of furan rings is 1. The molecular weight excluding hydrogens is 422 g/mol. The Morgan fingerprint density at radius 2 is 1.97 bits per heavy atom. The van der Waals surface area contributed by atoms with Crippen molar-refractivity contribution in [2.24, 2.45) is 0 Å². The van der Waals surface area contributed by atoms with Crippen LogP contribution in [0.5, 0.6) is 0 Å². The molecule has 32 heavy (non-hydrogen) atoms. The highest BCUT2D eigenvalue weighted by Crippen LogP contribution is 2.31. The summed E-state index contributed by atoms with van der Waals surface area (Å²) in [5, 5.41) is 3.92. The lowest BCUT2D eigenvalue weighted by Gasteiger charge is -2.34. The molecule has 0 saturated carbocycles. The van der Waals surface area contributed by atoms with Gasteiger partial charge in [0.25, 0.3) is 5.91 Å². The molecule has 1 N–H and O–H groups in total. The number of likely N-dealkylation sites (tertiary alicyclic amines) is 1. The van der Waals surface area contributed by atoms with Gasteiger partial charge in [-0.1, -0.05) is 6.07 Å². The molecule has 0 bridgehead atoms. The second kappa shape index (κ2) is 8.59. The number of hydrogen-bond donors (Lipinski definition) is 1. The Labute approximate surface area is 189 Å². The van der Waals surface area contributed by atoms with E-state index in [4.69, 9.17) is 9.40 Å². The number of rotatable bonds is 4. The minimum atomic E-state index is -0.506. The second-order valence-electron chi connectivity index (χ2n) is 8.04. The van der Waals surface area contributed by atoms with E-state index in [-0.39, 0.29) is 17.6 Å². The smallest absolute Gasteiger partial charge is 0.290 e. The summed E-state index contributed by atoms with van der Waals surface area (Å²) in [5.74, 6) is -0.149. The maximum Gasteiger partial charge on any atom is 0.290 e. The number of carbonyl (C=O) groups excluding carboxylic acids is 2. The number of nitrogens with one attached hydrogen (secondary N) is 1. The molecule has 1 aliphatic heterocycles. The number of fused-ring (bicyclic) bond motifs is 1. The van der Waals surface area contributed by atoms with Gasteiger partial charge in [-0.15, -0.1) is 11.3 Å². The van der Waals surface area contributed by atoms with Gasteiger partial charge in [0.05, 0.1) is 16.5 Å². The van der Waals surface area contributed by atoms with Crippen LogP contribution in [0.25, 0.3) is 20.8 Å². The highest BCUT2D eigenvalue weighted by Gasteiger charge is 2.33. The maximum atomic E-state index is 13.0. The first-order chi connectivity index (χ1) is 15.6. The largest absolute Gasteiger partial charge is 0.459 e. The van der Waals surface area contributed by atoms with Gasteiger partial charge in [0, 0.05) is 17.8 Å². The zero-order valence-corrected chi connectivity index (χ0v) is 18.5. The van der Waals surface area contributed by atoms with E-state index in [1.807, 2.05) is 30.3 Å². The number of thiazole rings is 1. The minimum absolute atomic E-state index is 0.173. The molecule has 0 spiro atoms. The van der Waals surface area contributed by atoms with Crippen LogP contribution in [0.2, 0.25) is 0 Å². The third-order valence-corrected chi connectivity index (χ3v) is 6.81. The molecule has 7 heteroatoms. The second-order valence-corrected chi connectivity index (χ2v) is 9.07. The van der Waals surface area contributed by atoms with Gasteiger partial charge in [0.2, 0.25) is 5.91 Å². The van der Waals surface area contributed by atoms with E-state index in [9.17, 15) is 9.59 Å². The summed E-state index contributed by atoms with van der Waals surface area (Å²) < 4.78 is 6.41. The van der Waals surface area contributed by atoms with Crippen molar-refractivity contribution >= 4 is 39.1 Å². The van der Waals surface area contributed by atoms with Crippen molar-refractivity contribution in [3.63, 3.8) is 0 Å². The summed E-state index contributed by atoms with van der Waals surface area (Å²) in [7, 11) is 0. The third-order valence-electron chi connectivity index (χ3n) is 5.74. The Kier molecular flexibility index (Phi) is 5.49. The first-order valence-electron chi connectivity index (χ1n) is 10.7. The summed E-state index contributed by atoms with van der Waals surface area (Å²) >= 11 is 1.66. The zero-order valence-electron chi connectivity index (χ0n) is 17.7. The summed E-state index contributed by atoms with van der Waals surface area (Å²) in [6, 6.07) is 16.8. The van der Waals surface area contributed by atoms with Gasteiger partial charge in [-0.3, -0.25) is 9.59 Å². The van der Waals surface area contributed by atoms with Crippen molar-refractivity contribution in [2.45, 2.75) is 32.2 Å². The van der Waals surface area contributed by atoms with E-state index >= 15 is 0 Å². The van der Waals surface area contributed by atoms with Crippen molar-refractivity contribution in [2.75, 3.05) is 11.9 Å². The van der Waals surface area contributed by atoms with E-state index in [0.29, 0.717) is 18.7 Å². The van der Waals surface area contributed by atoms with Gasteiger partial charge >= 0.3 is 0 Å². The highest BCUT2D eigenvalue weighted by molar-refractivity contribution is 7.21. The van der Waals surface area contributed by atoms with Crippen LogP contribution in [0.4, 0.5) is 5.69 Å². The first kappa shape index (κ1) is 20.5. The van der Waals surface area contributed by atoms with E-state index in [1.54, 1.807) is 28.4 Å². The summed E-state index contributed by atoms with van der Waals surface area (Å²) in [5.41, 5.74) is 3.92. The number of amides is 2. The molecule has 4 aromatic rings. The van der Waals surface area contributed by atoms with Crippen LogP contribution >= 0.6 is 11.3 Å². The van der Waals surface area contributed by atoms with Crippen molar-refractivity contribution < 1.29 is 14.0 Å². The van der Waals surface area contributed by atoms with Crippen LogP contribution in [0, 0.1) is 6.92 Å². The molecule has 2 amide bonds. The SMILES string of the molecule is Cc1ccc2nc(-c3ccc(NC(=O)C4CCCCN4C(=O)c4ccco4)cc3)sc2c1. The van der Waals surface area contributed by atoms with Gasteiger partial charge in [-0.25, -0.2) is 4.98 Å². The standard InChI is InChI=1S/C25H23N3O3S/c1-16-7-12-19-22(15-16)32-24(27-19)17-8-10-18(11-9-17)26-23(29)20-5-2-3-13-28(20)25(30)21-6-4-14-31-21/h4,6-12,14-15,20H,2-3,5,13H2,1H3,(H,26,29). The molecule has 6 nitrogen and oxygen atoms in total. The van der Waals surface area contributed by atoms with Crippen LogP contribution in [0.3, 0.4) is 0 Å². The normalized spacial score (nSPS) is 16.3. The number of aromatic nitrogens is 1. The number of hydrogen-bond acceptors (Lipinski definition) is 5. The van der Waals surface area contributed by atoms with Gasteiger partial charge in [-0.2, -0.15) is 0 Å². The summed E-state index contributed by atoms with van der Waals surface area (Å²) in [4.78, 5) is 32.1. The Morgan fingerprint density at radius 1 is 1.12 bits per heavy atom. The number of benzene rings is 2. The van der Waals surface area contributed by atoms with Gasteiger partial charge in [0.1, 0.15) is 11.0 Å². The molecule has 3 heterocycles. The minimum Gasteiger partial charge on any atom is -0.459 e. The monoisotopic (exact) mass is 445 g/mol. The van der Waals surface area contributed by atoms with Crippen LogP contribution < -0.4 is 5.32 Å². The Balaban J connectivity index is 1.30. The van der Waals surface area contributed by atoms with E-state index < -0.39 is 6.04 Å². The zero-order chi connectivity index (χ0) is 22.1. The fourth-order valence-electron chi connectivity index (χ4n) is 4.07. The molecular formula is C25H23N3O3S. The first-order valence-corrected chi connectivity index (χ1v) is 11.5. The maximum absolute atomic E-state index is 13.0. The average Bonchev–Trinajstić information content (AvgIpc) is 3.49. The topological polar surface area (TPSA) is 75.4 Å². The van der Waals surface area contributed by atoms with Crippen molar-refractivity contribution in [3.8, 4) is 10.6 Å². The lowest BCUT2D eigenvalue weighted by Crippen LogP contribution is -2.49. The molecule has 0 aliphatic carbocycles. The number of nitrogens with zero attached hydrogens (tertiary/aromatic N) is 2. The predicted molar refractivity (Wildman–Crippen MR) is 126 cm³/mol. The molecule has 2 aromatic heterocycles. The average molecular weight is 446 g/mol. The lowest BCUT2D eigenvalue weighted by molar-refractivity contribution is -0.121. The van der Waals surface area contributed by atoms with E-state index in [2.05, 4.69) is 24.4 Å². The molecule has 5 rings (SSSR count). The Hall–Kier alpha value is -3.45. The fraction of sp³-hybridized carbons (Fsp3) is 0.240. The fourth-order valence-corrected chi connectivity index (χ4v) is 5.14. The molecule has 1 unspecified atom stereocenters. The summed E-state index contributed by atoms with van der Waals surface area (Å²) in [6.07, 6.45) is 3.91. The van der Waals surface area contributed by atoms with E-state index in [1.165, 1.54) is 11.8 Å². The number of aryl methyl sites for hydroxylation is 1. The predicted octanol–water partition coefficient (Wildman–Crippen LogP) is 5.50. The lowest BCUT2D eigenvalue weighted by atomic mass is 10.0. The van der Waals surface area contributed by atoms with E-state index in [0.717, 1.165) is 33.6 Å². The van der Waals surface area contributed by atoms with Crippen molar-refractivity contribution in [1.82, 2.24) is 9.88 Å². The van der Waals surface area contributed by atoms with Crippen LogP contribution in [0.1, 0.15) is 35.4 Å². The highest BCUT2D eigenvalue weighted by atomic mass is 32.1.